The Bertz CT molecular complexity index is 655. The van der Waals surface area contributed by atoms with Crippen molar-refractivity contribution in [3.8, 4) is 11.4 Å². The van der Waals surface area contributed by atoms with E-state index in [0.717, 1.165) is 11.3 Å². The van der Waals surface area contributed by atoms with Gasteiger partial charge >= 0.3 is 0 Å². The van der Waals surface area contributed by atoms with Crippen molar-refractivity contribution in [3.63, 3.8) is 0 Å². The summed E-state index contributed by atoms with van der Waals surface area (Å²) in [5.41, 5.74) is 13.3. The highest BCUT2D eigenvalue weighted by Crippen LogP contribution is 2.27. The summed E-state index contributed by atoms with van der Waals surface area (Å²) >= 11 is 1.32. The van der Waals surface area contributed by atoms with Crippen molar-refractivity contribution in [2.75, 3.05) is 7.11 Å². The number of hydrogen-bond donors (Lipinski definition) is 4. The summed E-state index contributed by atoms with van der Waals surface area (Å²) in [6.45, 7) is 0.432. The third-order valence-corrected chi connectivity index (χ3v) is 3.04. The number of nitrogens with zero attached hydrogens (tertiary/aromatic N) is 2. The number of H-pyrrole nitrogens is 1. The number of aromatic nitrogens is 2. The number of methoxy groups -OCH3 is 1. The Morgan fingerprint density at radius 2 is 2.32 bits per heavy atom. The third kappa shape index (κ3) is 3.18. The van der Waals surface area contributed by atoms with Crippen LogP contribution < -0.4 is 17.0 Å². The first-order valence-corrected chi connectivity index (χ1v) is 6.29. The number of hydrogen-bond acceptors (Lipinski definition) is 5. The van der Waals surface area contributed by atoms with Crippen LogP contribution in [0.4, 0.5) is 5.13 Å². The smallest absolute Gasteiger partial charge is 0.212 e. The summed E-state index contributed by atoms with van der Waals surface area (Å²) < 4.78 is 5.13. The molecule has 0 aliphatic rings. The molecule has 0 saturated carbocycles. The number of nitrogens with two attached hydrogens (primary N) is 2. The molecule has 0 aromatic carbocycles. The van der Waals surface area contributed by atoms with Crippen LogP contribution in [0.3, 0.4) is 0 Å². The molecule has 0 atom stereocenters. The van der Waals surface area contributed by atoms with E-state index in [1.54, 1.807) is 13.2 Å². The van der Waals surface area contributed by atoms with E-state index in [-0.39, 0.29) is 5.96 Å². The summed E-state index contributed by atoms with van der Waals surface area (Å²) in [5.74, 6) is -0.0313. The molecule has 0 amide bonds. The van der Waals surface area contributed by atoms with Gasteiger partial charge in [-0.2, -0.15) is 4.99 Å². The molecule has 100 valence electrons. The van der Waals surface area contributed by atoms with Gasteiger partial charge in [0.1, 0.15) is 11.2 Å². The number of rotatable bonds is 4. The minimum absolute atomic E-state index is 0.0313. The Balaban J connectivity index is 2.45. The summed E-state index contributed by atoms with van der Waals surface area (Å²) in [5, 5.41) is 9.95. The van der Waals surface area contributed by atoms with Crippen LogP contribution in [-0.4, -0.2) is 23.0 Å². The number of nitrogens with one attached hydrogen (secondary N) is 2. The first kappa shape index (κ1) is 13.2. The van der Waals surface area contributed by atoms with Crippen molar-refractivity contribution in [1.82, 2.24) is 9.97 Å². The maximum Gasteiger partial charge on any atom is 0.212 e. The Kier molecular flexibility index (Phi) is 3.93. The predicted molar refractivity (Wildman–Crippen MR) is 73.9 cm³/mol. The fourth-order valence-electron chi connectivity index (χ4n) is 1.57. The highest BCUT2D eigenvalue weighted by atomic mass is 32.1. The second-order valence-electron chi connectivity index (χ2n) is 3.76. The van der Waals surface area contributed by atoms with E-state index in [0.29, 0.717) is 22.9 Å². The molecule has 19 heavy (non-hydrogen) atoms. The van der Waals surface area contributed by atoms with E-state index in [9.17, 15) is 0 Å². The zero-order chi connectivity index (χ0) is 13.8. The largest absolute Gasteiger partial charge is 0.380 e. The highest BCUT2D eigenvalue weighted by Gasteiger charge is 2.09. The molecular formula is C11H14N6OS. The zero-order valence-corrected chi connectivity index (χ0v) is 11.1. The van der Waals surface area contributed by atoms with Gasteiger partial charge in [0.25, 0.3) is 0 Å². The minimum Gasteiger partial charge on any atom is -0.380 e. The van der Waals surface area contributed by atoms with Crippen molar-refractivity contribution in [2.24, 2.45) is 16.5 Å². The van der Waals surface area contributed by atoms with Crippen LogP contribution in [0.1, 0.15) is 5.56 Å². The Hall–Kier alpha value is -2.19. The molecule has 0 spiro atoms. The monoisotopic (exact) mass is 278 g/mol. The first-order valence-electron chi connectivity index (χ1n) is 5.41. The number of ether oxygens (including phenoxy) is 1. The van der Waals surface area contributed by atoms with E-state index in [1.807, 2.05) is 11.4 Å². The van der Waals surface area contributed by atoms with E-state index in [1.165, 1.54) is 11.3 Å². The predicted octanol–water partition coefficient (Wildman–Crippen LogP) is 0.669. The topological polar surface area (TPSA) is 126 Å². The maximum absolute atomic E-state index is 7.65. The van der Waals surface area contributed by atoms with Gasteiger partial charge in [0.2, 0.25) is 5.13 Å². The van der Waals surface area contributed by atoms with Crippen LogP contribution in [0.2, 0.25) is 0 Å². The van der Waals surface area contributed by atoms with E-state index in [4.69, 9.17) is 21.6 Å². The van der Waals surface area contributed by atoms with Gasteiger partial charge < -0.3 is 21.2 Å². The summed E-state index contributed by atoms with van der Waals surface area (Å²) in [6, 6.07) is 3.50. The van der Waals surface area contributed by atoms with Gasteiger partial charge in [-0.05, 0) is 6.07 Å². The highest BCUT2D eigenvalue weighted by molar-refractivity contribution is 7.13. The summed E-state index contributed by atoms with van der Waals surface area (Å²) in [7, 11) is 1.62. The average molecular weight is 278 g/mol. The molecule has 0 radical (unpaired) electrons. The average Bonchev–Trinajstić information content (AvgIpc) is 2.79. The van der Waals surface area contributed by atoms with Crippen LogP contribution in [0.25, 0.3) is 11.4 Å². The number of thiazole rings is 1. The fraction of sp³-hybridized carbons (Fsp3) is 0.182. The SMILES string of the molecule is COCc1ccc(=N)[nH]c1-c1csc(N=C(N)N)n1. The summed E-state index contributed by atoms with van der Waals surface area (Å²) in [4.78, 5) is 11.2. The van der Waals surface area contributed by atoms with Gasteiger partial charge in [-0.15, -0.1) is 11.3 Å². The summed E-state index contributed by atoms with van der Waals surface area (Å²) in [6.07, 6.45) is 0. The molecule has 8 heteroatoms. The molecule has 0 aliphatic carbocycles. The van der Waals surface area contributed by atoms with E-state index < -0.39 is 0 Å². The Labute approximate surface area is 113 Å². The lowest BCUT2D eigenvalue weighted by atomic mass is 10.1. The van der Waals surface area contributed by atoms with Gasteiger partial charge in [0.15, 0.2) is 5.96 Å². The molecule has 0 bridgehead atoms. The normalized spacial score (nSPS) is 10.4. The maximum atomic E-state index is 7.65. The zero-order valence-electron chi connectivity index (χ0n) is 10.3. The lowest BCUT2D eigenvalue weighted by Gasteiger charge is -2.06. The molecule has 0 aliphatic heterocycles. The third-order valence-electron chi connectivity index (χ3n) is 2.30. The van der Waals surface area contributed by atoms with Crippen LogP contribution in [0.5, 0.6) is 0 Å². The van der Waals surface area contributed by atoms with Crippen molar-refractivity contribution in [1.29, 1.82) is 5.41 Å². The molecule has 7 nitrogen and oxygen atoms in total. The molecular weight excluding hydrogens is 264 g/mol. The number of aromatic amines is 1. The molecule has 0 unspecified atom stereocenters. The van der Waals surface area contributed by atoms with Gasteiger partial charge in [-0.3, -0.25) is 5.41 Å². The van der Waals surface area contributed by atoms with Crippen LogP contribution in [0, 0.1) is 5.41 Å². The minimum atomic E-state index is -0.0313. The lowest BCUT2D eigenvalue weighted by molar-refractivity contribution is 0.185. The van der Waals surface area contributed by atoms with Crippen molar-refractivity contribution in [3.05, 3.63) is 28.6 Å². The van der Waals surface area contributed by atoms with Crippen molar-refractivity contribution >= 4 is 22.4 Å². The van der Waals surface area contributed by atoms with Crippen LogP contribution in [-0.2, 0) is 11.3 Å². The number of guanidine groups is 1. The van der Waals surface area contributed by atoms with Gasteiger partial charge in [0.05, 0.1) is 12.3 Å². The van der Waals surface area contributed by atoms with Crippen molar-refractivity contribution in [2.45, 2.75) is 6.61 Å². The molecule has 2 heterocycles. The molecule has 0 fully saturated rings. The quantitative estimate of drug-likeness (QED) is 0.484. The second-order valence-corrected chi connectivity index (χ2v) is 4.59. The van der Waals surface area contributed by atoms with E-state index in [2.05, 4.69) is 15.0 Å². The molecule has 2 aromatic rings. The van der Waals surface area contributed by atoms with Crippen LogP contribution >= 0.6 is 11.3 Å². The number of aliphatic imine (C=N–C) groups is 1. The Morgan fingerprint density at radius 3 is 3.00 bits per heavy atom. The van der Waals surface area contributed by atoms with Gasteiger partial charge in [-0.25, -0.2) is 4.98 Å². The standard InChI is InChI=1S/C11H14N6OS/c1-18-4-6-2-3-8(12)16-9(6)7-5-19-11(15-7)17-10(13)14/h2-3,5H,4H2,1H3,(H2,12,16)(H4,13,14,15,17). The van der Waals surface area contributed by atoms with Gasteiger partial charge in [0, 0.05) is 18.1 Å². The molecule has 0 saturated heterocycles. The molecule has 2 aromatic heterocycles. The first-order chi connectivity index (χ1) is 9.10. The second kappa shape index (κ2) is 5.63. The Morgan fingerprint density at radius 1 is 1.53 bits per heavy atom. The fourth-order valence-corrected chi connectivity index (χ4v) is 2.27. The molecule has 6 N–H and O–H groups in total. The van der Waals surface area contributed by atoms with E-state index >= 15 is 0 Å². The van der Waals surface area contributed by atoms with Crippen LogP contribution in [0.15, 0.2) is 22.5 Å². The van der Waals surface area contributed by atoms with Gasteiger partial charge in [-0.1, -0.05) is 6.07 Å². The molecule has 2 rings (SSSR count). The van der Waals surface area contributed by atoms with Crippen molar-refractivity contribution < 1.29 is 4.74 Å². The lowest BCUT2D eigenvalue weighted by Crippen LogP contribution is -2.21. The number of pyridine rings is 1.